The summed E-state index contributed by atoms with van der Waals surface area (Å²) in [7, 11) is 0. The minimum atomic E-state index is -0.344. The molecule has 0 aromatic carbocycles. The topological polar surface area (TPSA) is 68.9 Å². The SMILES string of the molecule is CCC(=O)C(C)c1nc(-c2ccncc2)no1. The summed E-state index contributed by atoms with van der Waals surface area (Å²) in [6.45, 7) is 3.59. The zero-order valence-electron chi connectivity index (χ0n) is 9.75. The van der Waals surface area contributed by atoms with Gasteiger partial charge in [-0.25, -0.2) is 0 Å². The quantitative estimate of drug-likeness (QED) is 0.806. The van der Waals surface area contributed by atoms with E-state index in [0.717, 1.165) is 5.56 Å². The van der Waals surface area contributed by atoms with E-state index in [9.17, 15) is 4.79 Å². The van der Waals surface area contributed by atoms with E-state index in [-0.39, 0.29) is 11.7 Å². The number of Topliss-reactive ketones (excluding diaryl/α,β-unsaturated/α-hetero) is 1. The molecule has 2 aromatic rings. The normalized spacial score (nSPS) is 12.4. The molecule has 0 saturated carbocycles. The summed E-state index contributed by atoms with van der Waals surface area (Å²) in [4.78, 5) is 19.7. The largest absolute Gasteiger partial charge is 0.338 e. The Labute approximate surface area is 98.9 Å². The summed E-state index contributed by atoms with van der Waals surface area (Å²) in [6.07, 6.45) is 3.78. The van der Waals surface area contributed by atoms with E-state index < -0.39 is 0 Å². The predicted octanol–water partition coefficient (Wildman–Crippen LogP) is 2.21. The fraction of sp³-hybridized carbons (Fsp3) is 0.333. The molecule has 5 heteroatoms. The fourth-order valence-electron chi connectivity index (χ4n) is 1.47. The Morgan fingerprint density at radius 1 is 1.41 bits per heavy atom. The van der Waals surface area contributed by atoms with Gasteiger partial charge in [0.15, 0.2) is 0 Å². The minimum Gasteiger partial charge on any atom is -0.338 e. The lowest BCUT2D eigenvalue weighted by Gasteiger charge is -2.01. The number of rotatable bonds is 4. The van der Waals surface area contributed by atoms with Gasteiger partial charge in [-0.05, 0) is 19.1 Å². The number of aromatic nitrogens is 3. The molecule has 0 fully saturated rings. The zero-order chi connectivity index (χ0) is 12.3. The van der Waals surface area contributed by atoms with Gasteiger partial charge in [0.1, 0.15) is 5.78 Å². The molecule has 0 aliphatic heterocycles. The molecule has 0 radical (unpaired) electrons. The van der Waals surface area contributed by atoms with Crippen molar-refractivity contribution in [2.45, 2.75) is 26.2 Å². The van der Waals surface area contributed by atoms with Gasteiger partial charge < -0.3 is 4.52 Å². The van der Waals surface area contributed by atoms with Crippen LogP contribution in [0.3, 0.4) is 0 Å². The van der Waals surface area contributed by atoms with Crippen molar-refractivity contribution < 1.29 is 9.32 Å². The van der Waals surface area contributed by atoms with E-state index in [4.69, 9.17) is 4.52 Å². The van der Waals surface area contributed by atoms with Gasteiger partial charge in [-0.2, -0.15) is 4.98 Å². The number of pyridine rings is 1. The first kappa shape index (κ1) is 11.4. The molecule has 0 N–H and O–H groups in total. The van der Waals surface area contributed by atoms with Crippen LogP contribution in [0.5, 0.6) is 0 Å². The Kier molecular flexibility index (Phi) is 3.27. The highest BCUT2D eigenvalue weighted by Crippen LogP contribution is 2.20. The van der Waals surface area contributed by atoms with Gasteiger partial charge in [0.25, 0.3) is 0 Å². The first-order valence-electron chi connectivity index (χ1n) is 5.49. The summed E-state index contributed by atoms with van der Waals surface area (Å²) >= 11 is 0. The van der Waals surface area contributed by atoms with Crippen molar-refractivity contribution in [2.24, 2.45) is 0 Å². The third-order valence-corrected chi connectivity index (χ3v) is 2.58. The van der Waals surface area contributed by atoms with Crippen LogP contribution in [0.4, 0.5) is 0 Å². The molecule has 1 unspecified atom stereocenters. The van der Waals surface area contributed by atoms with Gasteiger partial charge >= 0.3 is 0 Å². The maximum Gasteiger partial charge on any atom is 0.237 e. The third kappa shape index (κ3) is 2.38. The summed E-state index contributed by atoms with van der Waals surface area (Å²) in [5.74, 6) is 0.597. The molecule has 17 heavy (non-hydrogen) atoms. The molecule has 0 bridgehead atoms. The fourth-order valence-corrected chi connectivity index (χ4v) is 1.47. The van der Waals surface area contributed by atoms with E-state index in [1.165, 1.54) is 0 Å². The number of nitrogens with zero attached hydrogens (tertiary/aromatic N) is 3. The molecule has 2 heterocycles. The molecule has 88 valence electrons. The maximum absolute atomic E-state index is 11.5. The van der Waals surface area contributed by atoms with E-state index in [1.807, 2.05) is 6.92 Å². The highest BCUT2D eigenvalue weighted by Gasteiger charge is 2.20. The van der Waals surface area contributed by atoms with E-state index in [0.29, 0.717) is 18.1 Å². The van der Waals surface area contributed by atoms with Gasteiger partial charge in [-0.15, -0.1) is 0 Å². The number of carbonyl (C=O) groups is 1. The Morgan fingerprint density at radius 3 is 2.76 bits per heavy atom. The van der Waals surface area contributed by atoms with Crippen LogP contribution in [0.2, 0.25) is 0 Å². The van der Waals surface area contributed by atoms with E-state index in [2.05, 4.69) is 15.1 Å². The van der Waals surface area contributed by atoms with Crippen molar-refractivity contribution in [2.75, 3.05) is 0 Å². The van der Waals surface area contributed by atoms with Gasteiger partial charge in [0.2, 0.25) is 11.7 Å². The lowest BCUT2D eigenvalue weighted by Crippen LogP contribution is -2.07. The Hall–Kier alpha value is -2.04. The Balaban J connectivity index is 2.25. The van der Waals surface area contributed by atoms with Crippen LogP contribution < -0.4 is 0 Å². The van der Waals surface area contributed by atoms with Crippen LogP contribution in [0.15, 0.2) is 29.0 Å². The van der Waals surface area contributed by atoms with Crippen molar-refractivity contribution in [1.29, 1.82) is 0 Å². The van der Waals surface area contributed by atoms with Crippen molar-refractivity contribution in [3.05, 3.63) is 30.4 Å². The first-order chi connectivity index (χ1) is 8.22. The molecule has 2 rings (SSSR count). The zero-order valence-corrected chi connectivity index (χ0v) is 9.75. The van der Waals surface area contributed by atoms with Gasteiger partial charge in [0.05, 0.1) is 5.92 Å². The summed E-state index contributed by atoms with van der Waals surface area (Å²) < 4.78 is 5.10. The monoisotopic (exact) mass is 231 g/mol. The van der Waals surface area contributed by atoms with Crippen LogP contribution in [-0.4, -0.2) is 20.9 Å². The predicted molar refractivity (Wildman–Crippen MR) is 61.2 cm³/mol. The average molecular weight is 231 g/mol. The van der Waals surface area contributed by atoms with Crippen LogP contribution >= 0.6 is 0 Å². The van der Waals surface area contributed by atoms with E-state index in [1.54, 1.807) is 31.5 Å². The van der Waals surface area contributed by atoms with Crippen LogP contribution in [0.25, 0.3) is 11.4 Å². The first-order valence-corrected chi connectivity index (χ1v) is 5.49. The highest BCUT2D eigenvalue weighted by atomic mass is 16.5. The highest BCUT2D eigenvalue weighted by molar-refractivity contribution is 5.84. The standard InChI is InChI=1S/C12H13N3O2/c1-3-10(16)8(2)12-14-11(15-17-12)9-4-6-13-7-5-9/h4-8H,3H2,1-2H3. The summed E-state index contributed by atoms with van der Waals surface area (Å²) in [5.41, 5.74) is 0.825. The average Bonchev–Trinajstić information content (AvgIpc) is 2.87. The molecule has 5 nitrogen and oxygen atoms in total. The molecule has 0 amide bonds. The second kappa shape index (κ2) is 4.86. The van der Waals surface area contributed by atoms with Crippen LogP contribution in [0.1, 0.15) is 32.1 Å². The van der Waals surface area contributed by atoms with Crippen LogP contribution in [-0.2, 0) is 4.79 Å². The van der Waals surface area contributed by atoms with E-state index >= 15 is 0 Å². The smallest absolute Gasteiger partial charge is 0.237 e. The maximum atomic E-state index is 11.5. The van der Waals surface area contributed by atoms with Gasteiger partial charge in [-0.3, -0.25) is 9.78 Å². The molecule has 0 spiro atoms. The molecule has 2 aromatic heterocycles. The molecule has 0 saturated heterocycles. The van der Waals surface area contributed by atoms with Crippen molar-refractivity contribution in [1.82, 2.24) is 15.1 Å². The number of ketones is 1. The lowest BCUT2D eigenvalue weighted by atomic mass is 10.1. The van der Waals surface area contributed by atoms with Crippen LogP contribution in [0, 0.1) is 0 Å². The Morgan fingerprint density at radius 2 is 2.12 bits per heavy atom. The third-order valence-electron chi connectivity index (χ3n) is 2.58. The molecular formula is C12H13N3O2. The Bertz CT molecular complexity index is 507. The van der Waals surface area contributed by atoms with Gasteiger partial charge in [0, 0.05) is 24.4 Å². The minimum absolute atomic E-state index is 0.0925. The summed E-state index contributed by atoms with van der Waals surface area (Å²) in [6, 6.07) is 3.59. The molecule has 1 atom stereocenters. The molecular weight excluding hydrogens is 218 g/mol. The number of hydrogen-bond donors (Lipinski definition) is 0. The summed E-state index contributed by atoms with van der Waals surface area (Å²) in [5, 5.41) is 3.86. The van der Waals surface area contributed by atoms with Crippen molar-refractivity contribution in [3.8, 4) is 11.4 Å². The van der Waals surface area contributed by atoms with Gasteiger partial charge in [-0.1, -0.05) is 12.1 Å². The second-order valence-corrected chi connectivity index (χ2v) is 3.73. The number of carbonyl (C=O) groups excluding carboxylic acids is 1. The van der Waals surface area contributed by atoms with Crippen molar-refractivity contribution >= 4 is 5.78 Å². The lowest BCUT2D eigenvalue weighted by molar-refractivity contribution is -0.120. The number of hydrogen-bond acceptors (Lipinski definition) is 5. The molecule has 0 aliphatic carbocycles. The second-order valence-electron chi connectivity index (χ2n) is 3.73. The van der Waals surface area contributed by atoms with Crippen molar-refractivity contribution in [3.63, 3.8) is 0 Å². The molecule has 0 aliphatic rings.